The van der Waals surface area contributed by atoms with E-state index < -0.39 is 0 Å². The van der Waals surface area contributed by atoms with Crippen molar-refractivity contribution < 1.29 is 9.21 Å². The number of hydrogen-bond acceptors (Lipinski definition) is 3. The molecule has 0 bridgehead atoms. The van der Waals surface area contributed by atoms with Crippen LogP contribution >= 0.6 is 15.9 Å². The fraction of sp³-hybridized carbons (Fsp3) is 0.545. The molecule has 84 valence electrons. The minimum Gasteiger partial charge on any atom is -0.460 e. The van der Waals surface area contributed by atoms with Gasteiger partial charge in [-0.15, -0.1) is 0 Å². The average Bonchev–Trinajstić information content (AvgIpc) is 2.58. The Hall–Kier alpha value is -0.610. The maximum absolute atomic E-state index is 11.6. The van der Waals surface area contributed by atoms with Crippen LogP contribution in [0.5, 0.6) is 0 Å². The minimum atomic E-state index is 0.0532. The Morgan fingerprint density at radius 2 is 2.33 bits per heavy atom. The minimum absolute atomic E-state index is 0.0532. The lowest BCUT2D eigenvalue weighted by Crippen LogP contribution is -2.24. The number of carbonyl (C=O) groups is 1. The van der Waals surface area contributed by atoms with E-state index in [2.05, 4.69) is 35.1 Å². The van der Waals surface area contributed by atoms with Gasteiger partial charge < -0.3 is 9.73 Å². The van der Waals surface area contributed by atoms with E-state index in [1.807, 2.05) is 0 Å². The molecule has 15 heavy (non-hydrogen) atoms. The van der Waals surface area contributed by atoms with Crippen LogP contribution in [0.15, 0.2) is 21.2 Å². The quantitative estimate of drug-likeness (QED) is 0.640. The lowest BCUT2D eigenvalue weighted by atomic mass is 10.2. The van der Waals surface area contributed by atoms with Gasteiger partial charge in [0.15, 0.2) is 11.5 Å². The third-order valence-corrected chi connectivity index (χ3v) is 2.63. The molecule has 0 aliphatic heterocycles. The van der Waals surface area contributed by atoms with Crippen LogP contribution in [0.1, 0.15) is 37.2 Å². The van der Waals surface area contributed by atoms with Gasteiger partial charge in [-0.2, -0.15) is 0 Å². The van der Waals surface area contributed by atoms with Crippen LogP contribution in [0.2, 0.25) is 0 Å². The Labute approximate surface area is 98.4 Å². The number of furan rings is 1. The highest BCUT2D eigenvalue weighted by atomic mass is 79.9. The van der Waals surface area contributed by atoms with Crippen molar-refractivity contribution >= 4 is 21.7 Å². The molecular formula is C11H16BrNO2. The van der Waals surface area contributed by atoms with E-state index >= 15 is 0 Å². The molecule has 0 aliphatic rings. The molecule has 1 aromatic rings. The van der Waals surface area contributed by atoms with Crippen LogP contribution < -0.4 is 5.32 Å². The SMILES string of the molecule is CC(C)NCCCC(=O)c1occc1Br. The number of hydrogen-bond donors (Lipinski definition) is 1. The van der Waals surface area contributed by atoms with E-state index in [0.717, 1.165) is 17.4 Å². The zero-order chi connectivity index (χ0) is 11.3. The van der Waals surface area contributed by atoms with Gasteiger partial charge in [-0.25, -0.2) is 0 Å². The third kappa shape index (κ3) is 4.18. The smallest absolute Gasteiger partial charge is 0.199 e. The first kappa shape index (κ1) is 12.5. The summed E-state index contributed by atoms with van der Waals surface area (Å²) in [6, 6.07) is 2.20. The van der Waals surface area contributed by atoms with Crippen LogP contribution in [0.25, 0.3) is 0 Å². The Bertz CT molecular complexity index is 320. The molecule has 3 nitrogen and oxygen atoms in total. The summed E-state index contributed by atoms with van der Waals surface area (Å²) < 4.78 is 5.83. The summed E-state index contributed by atoms with van der Waals surface area (Å²) in [5.41, 5.74) is 0. The lowest BCUT2D eigenvalue weighted by molar-refractivity contribution is 0.0952. The number of Topliss-reactive ketones (excluding diaryl/α,β-unsaturated/α-hetero) is 1. The molecule has 0 atom stereocenters. The monoisotopic (exact) mass is 273 g/mol. The largest absolute Gasteiger partial charge is 0.460 e. The van der Waals surface area contributed by atoms with Crippen molar-refractivity contribution in [2.24, 2.45) is 0 Å². The number of halogens is 1. The van der Waals surface area contributed by atoms with E-state index in [-0.39, 0.29) is 5.78 Å². The van der Waals surface area contributed by atoms with Gasteiger partial charge >= 0.3 is 0 Å². The van der Waals surface area contributed by atoms with Gasteiger partial charge in [0.2, 0.25) is 0 Å². The molecule has 0 fully saturated rings. The Kier molecular flexibility index (Phi) is 5.05. The van der Waals surface area contributed by atoms with Crippen LogP contribution in [0.4, 0.5) is 0 Å². The van der Waals surface area contributed by atoms with Gasteiger partial charge in [-0.05, 0) is 35.0 Å². The Morgan fingerprint density at radius 3 is 2.87 bits per heavy atom. The summed E-state index contributed by atoms with van der Waals surface area (Å²) in [7, 11) is 0. The predicted octanol–water partition coefficient (Wildman–Crippen LogP) is 3.00. The number of ketones is 1. The number of nitrogens with one attached hydrogen (secondary N) is 1. The lowest BCUT2D eigenvalue weighted by Gasteiger charge is -2.06. The van der Waals surface area contributed by atoms with E-state index in [1.54, 1.807) is 6.07 Å². The molecule has 0 aromatic carbocycles. The predicted molar refractivity (Wildman–Crippen MR) is 63.1 cm³/mol. The van der Waals surface area contributed by atoms with E-state index in [1.165, 1.54) is 6.26 Å². The molecule has 4 heteroatoms. The van der Waals surface area contributed by atoms with Crippen molar-refractivity contribution in [2.75, 3.05) is 6.54 Å². The van der Waals surface area contributed by atoms with Crippen LogP contribution in [-0.2, 0) is 0 Å². The Morgan fingerprint density at radius 1 is 1.60 bits per heavy atom. The molecule has 1 aromatic heterocycles. The van der Waals surface area contributed by atoms with Crippen LogP contribution in [0.3, 0.4) is 0 Å². The van der Waals surface area contributed by atoms with Crippen LogP contribution in [-0.4, -0.2) is 18.4 Å². The number of carbonyl (C=O) groups excluding carboxylic acids is 1. The zero-order valence-electron chi connectivity index (χ0n) is 9.05. The topological polar surface area (TPSA) is 42.2 Å². The second-order valence-electron chi connectivity index (χ2n) is 3.73. The number of rotatable bonds is 6. The summed E-state index contributed by atoms with van der Waals surface area (Å²) in [6.07, 6.45) is 2.87. The van der Waals surface area contributed by atoms with Crippen molar-refractivity contribution in [3.05, 3.63) is 22.6 Å². The molecule has 0 saturated heterocycles. The summed E-state index contributed by atoms with van der Waals surface area (Å²) in [5, 5.41) is 3.27. The van der Waals surface area contributed by atoms with Gasteiger partial charge in [0.25, 0.3) is 0 Å². The first-order valence-corrected chi connectivity index (χ1v) is 5.90. The van der Waals surface area contributed by atoms with Crippen molar-refractivity contribution in [1.29, 1.82) is 0 Å². The molecule has 1 rings (SSSR count). The van der Waals surface area contributed by atoms with Gasteiger partial charge in [0.1, 0.15) is 0 Å². The van der Waals surface area contributed by atoms with Gasteiger partial charge in [-0.3, -0.25) is 4.79 Å². The summed E-state index contributed by atoms with van der Waals surface area (Å²) in [4.78, 5) is 11.6. The molecule has 0 radical (unpaired) electrons. The van der Waals surface area contributed by atoms with Gasteiger partial charge in [0.05, 0.1) is 10.7 Å². The first-order valence-electron chi connectivity index (χ1n) is 5.11. The molecular weight excluding hydrogens is 258 g/mol. The summed E-state index contributed by atoms with van der Waals surface area (Å²) >= 11 is 3.27. The molecule has 0 saturated carbocycles. The second-order valence-corrected chi connectivity index (χ2v) is 4.59. The molecule has 0 amide bonds. The zero-order valence-corrected chi connectivity index (χ0v) is 10.6. The average molecular weight is 274 g/mol. The standard InChI is InChI=1S/C11H16BrNO2/c1-8(2)13-6-3-4-10(14)11-9(12)5-7-15-11/h5,7-8,13H,3-4,6H2,1-2H3. The van der Waals surface area contributed by atoms with Crippen molar-refractivity contribution in [3.63, 3.8) is 0 Å². The fourth-order valence-electron chi connectivity index (χ4n) is 1.25. The molecule has 0 unspecified atom stereocenters. The van der Waals surface area contributed by atoms with Gasteiger partial charge in [0, 0.05) is 12.5 Å². The Balaban J connectivity index is 2.28. The molecule has 0 aliphatic carbocycles. The fourth-order valence-corrected chi connectivity index (χ4v) is 1.67. The molecule has 0 spiro atoms. The van der Waals surface area contributed by atoms with E-state index in [9.17, 15) is 4.79 Å². The maximum Gasteiger partial charge on any atom is 0.199 e. The van der Waals surface area contributed by atoms with Crippen molar-refractivity contribution in [1.82, 2.24) is 5.32 Å². The van der Waals surface area contributed by atoms with Gasteiger partial charge in [-0.1, -0.05) is 13.8 Å². The maximum atomic E-state index is 11.6. The summed E-state index contributed by atoms with van der Waals surface area (Å²) in [5.74, 6) is 0.483. The first-order chi connectivity index (χ1) is 7.11. The normalized spacial score (nSPS) is 10.9. The highest BCUT2D eigenvalue weighted by Crippen LogP contribution is 2.19. The molecule has 1 N–H and O–H groups in total. The van der Waals surface area contributed by atoms with Crippen LogP contribution in [0, 0.1) is 0 Å². The molecule has 1 heterocycles. The van der Waals surface area contributed by atoms with E-state index in [0.29, 0.717) is 18.2 Å². The summed E-state index contributed by atoms with van der Waals surface area (Å²) in [6.45, 7) is 5.04. The highest BCUT2D eigenvalue weighted by molar-refractivity contribution is 9.10. The van der Waals surface area contributed by atoms with Crippen molar-refractivity contribution in [2.45, 2.75) is 32.7 Å². The highest BCUT2D eigenvalue weighted by Gasteiger charge is 2.12. The van der Waals surface area contributed by atoms with E-state index in [4.69, 9.17) is 4.42 Å². The third-order valence-electron chi connectivity index (χ3n) is 2.00. The van der Waals surface area contributed by atoms with Crippen molar-refractivity contribution in [3.8, 4) is 0 Å². The second kappa shape index (κ2) is 6.08.